The van der Waals surface area contributed by atoms with Crippen LogP contribution in [0.2, 0.25) is 0 Å². The van der Waals surface area contributed by atoms with Gasteiger partial charge in [0.25, 0.3) is 0 Å². The zero-order valence-corrected chi connectivity index (χ0v) is 7.36. The van der Waals surface area contributed by atoms with Gasteiger partial charge in [0, 0.05) is 23.7 Å². The zero-order valence-electron chi connectivity index (χ0n) is 7.36. The van der Waals surface area contributed by atoms with Crippen LogP contribution in [0.25, 0.3) is 11.3 Å². The highest BCUT2D eigenvalue weighted by Gasteiger charge is 2.00. The standard InChI is InChI=1S/C11H9N2/c1-9-10(5-4-8-12-9)11-6-2-3-7-13-11/h3-8H,1H3. The molecule has 13 heavy (non-hydrogen) atoms. The molecule has 63 valence electrons. The van der Waals surface area contributed by atoms with E-state index in [1.54, 1.807) is 18.5 Å². The summed E-state index contributed by atoms with van der Waals surface area (Å²) in [5.74, 6) is 0. The molecule has 0 N–H and O–H groups in total. The minimum absolute atomic E-state index is 0.924. The number of hydrogen-bond donors (Lipinski definition) is 0. The van der Waals surface area contributed by atoms with E-state index in [1.165, 1.54) is 0 Å². The maximum atomic E-state index is 4.24. The van der Waals surface area contributed by atoms with Gasteiger partial charge in [0.05, 0.1) is 5.69 Å². The third-order valence-corrected chi connectivity index (χ3v) is 1.89. The topological polar surface area (TPSA) is 25.8 Å². The fourth-order valence-electron chi connectivity index (χ4n) is 1.23. The van der Waals surface area contributed by atoms with Crippen LogP contribution in [0, 0.1) is 13.0 Å². The van der Waals surface area contributed by atoms with Gasteiger partial charge < -0.3 is 0 Å². The summed E-state index contributed by atoms with van der Waals surface area (Å²) in [6.07, 6.45) is 3.52. The Balaban J connectivity index is 2.54. The fourth-order valence-corrected chi connectivity index (χ4v) is 1.23. The van der Waals surface area contributed by atoms with Crippen molar-refractivity contribution in [1.29, 1.82) is 0 Å². The summed E-state index contributed by atoms with van der Waals surface area (Å²) in [4.78, 5) is 8.44. The lowest BCUT2D eigenvalue weighted by atomic mass is 10.1. The molecule has 0 aliphatic rings. The minimum atomic E-state index is 0.924. The second-order valence-electron chi connectivity index (χ2n) is 2.78. The number of aryl methyl sites for hydroxylation is 1. The fraction of sp³-hybridized carbons (Fsp3) is 0.0909. The minimum Gasteiger partial charge on any atom is -0.261 e. The number of aromatic nitrogens is 2. The summed E-state index contributed by atoms with van der Waals surface area (Å²) in [6, 6.07) is 10.6. The smallest absolute Gasteiger partial charge is 0.0726 e. The normalized spacial score (nSPS) is 9.92. The van der Waals surface area contributed by atoms with E-state index in [0.717, 1.165) is 17.0 Å². The molecule has 0 unspecified atom stereocenters. The molecule has 0 aliphatic heterocycles. The molecule has 0 amide bonds. The maximum Gasteiger partial charge on any atom is 0.0726 e. The summed E-state index contributed by atoms with van der Waals surface area (Å²) in [5, 5.41) is 0. The van der Waals surface area contributed by atoms with Crippen molar-refractivity contribution in [2.75, 3.05) is 0 Å². The zero-order chi connectivity index (χ0) is 9.10. The lowest BCUT2D eigenvalue weighted by molar-refractivity contribution is 1.18. The van der Waals surface area contributed by atoms with E-state index >= 15 is 0 Å². The first kappa shape index (κ1) is 7.92. The van der Waals surface area contributed by atoms with Crippen LogP contribution in [-0.2, 0) is 0 Å². The van der Waals surface area contributed by atoms with E-state index in [2.05, 4.69) is 16.0 Å². The highest BCUT2D eigenvalue weighted by molar-refractivity contribution is 5.60. The first-order chi connectivity index (χ1) is 6.38. The lowest BCUT2D eigenvalue weighted by Gasteiger charge is -2.01. The van der Waals surface area contributed by atoms with Crippen molar-refractivity contribution in [1.82, 2.24) is 9.97 Å². The molecule has 0 atom stereocenters. The van der Waals surface area contributed by atoms with Crippen LogP contribution in [0.15, 0.2) is 36.7 Å². The first-order valence-electron chi connectivity index (χ1n) is 4.12. The van der Waals surface area contributed by atoms with Crippen LogP contribution < -0.4 is 0 Å². The van der Waals surface area contributed by atoms with E-state index in [1.807, 2.05) is 25.1 Å². The van der Waals surface area contributed by atoms with Crippen LogP contribution in [0.1, 0.15) is 5.69 Å². The molecule has 2 heterocycles. The van der Waals surface area contributed by atoms with Gasteiger partial charge in [0.1, 0.15) is 0 Å². The summed E-state index contributed by atoms with van der Waals surface area (Å²) >= 11 is 0. The Bertz CT molecular complexity index is 396. The molecule has 0 saturated heterocycles. The van der Waals surface area contributed by atoms with Crippen LogP contribution in [-0.4, -0.2) is 9.97 Å². The van der Waals surface area contributed by atoms with Crippen LogP contribution in [0.4, 0.5) is 0 Å². The second-order valence-corrected chi connectivity index (χ2v) is 2.78. The monoisotopic (exact) mass is 169 g/mol. The third-order valence-electron chi connectivity index (χ3n) is 1.89. The molecular formula is C11H9N2. The van der Waals surface area contributed by atoms with Crippen molar-refractivity contribution >= 4 is 0 Å². The Kier molecular flexibility index (Phi) is 2.04. The van der Waals surface area contributed by atoms with Crippen LogP contribution >= 0.6 is 0 Å². The maximum absolute atomic E-state index is 4.24. The van der Waals surface area contributed by atoms with Gasteiger partial charge in [0.15, 0.2) is 0 Å². The van der Waals surface area contributed by atoms with Gasteiger partial charge in [-0.05, 0) is 37.3 Å². The number of rotatable bonds is 1. The molecule has 0 bridgehead atoms. The molecule has 2 aromatic rings. The molecule has 0 fully saturated rings. The van der Waals surface area contributed by atoms with Gasteiger partial charge >= 0.3 is 0 Å². The molecule has 0 aromatic carbocycles. The summed E-state index contributed by atoms with van der Waals surface area (Å²) in [6.45, 7) is 1.98. The molecule has 2 rings (SSSR count). The van der Waals surface area contributed by atoms with E-state index in [-0.39, 0.29) is 0 Å². The van der Waals surface area contributed by atoms with Crippen LogP contribution in [0.3, 0.4) is 0 Å². The van der Waals surface area contributed by atoms with Crippen molar-refractivity contribution in [3.05, 3.63) is 48.4 Å². The van der Waals surface area contributed by atoms with Gasteiger partial charge in [-0.1, -0.05) is 0 Å². The van der Waals surface area contributed by atoms with Gasteiger partial charge in [-0.15, -0.1) is 0 Å². The quantitative estimate of drug-likeness (QED) is 0.654. The van der Waals surface area contributed by atoms with Crippen molar-refractivity contribution in [2.24, 2.45) is 0 Å². The largest absolute Gasteiger partial charge is 0.261 e. The highest BCUT2D eigenvalue weighted by atomic mass is 14.7. The van der Waals surface area contributed by atoms with Gasteiger partial charge in [-0.3, -0.25) is 9.97 Å². The molecule has 2 heteroatoms. The van der Waals surface area contributed by atoms with E-state index in [9.17, 15) is 0 Å². The predicted molar refractivity (Wildman–Crippen MR) is 51.0 cm³/mol. The van der Waals surface area contributed by atoms with Crippen molar-refractivity contribution < 1.29 is 0 Å². The number of nitrogens with zero attached hydrogens (tertiary/aromatic N) is 2. The molecule has 2 aromatic heterocycles. The molecule has 0 saturated carbocycles. The Morgan fingerprint density at radius 1 is 1.23 bits per heavy atom. The summed E-state index contributed by atoms with van der Waals surface area (Å²) in [5.41, 5.74) is 2.99. The van der Waals surface area contributed by atoms with Crippen molar-refractivity contribution in [3.8, 4) is 11.3 Å². The highest BCUT2D eigenvalue weighted by Crippen LogP contribution is 2.17. The second kappa shape index (κ2) is 3.35. The number of hydrogen-bond acceptors (Lipinski definition) is 2. The Morgan fingerprint density at radius 2 is 2.15 bits per heavy atom. The Hall–Kier alpha value is -1.70. The average molecular weight is 169 g/mol. The van der Waals surface area contributed by atoms with E-state index in [4.69, 9.17) is 0 Å². The predicted octanol–water partition coefficient (Wildman–Crippen LogP) is 2.25. The first-order valence-corrected chi connectivity index (χ1v) is 4.12. The molecular weight excluding hydrogens is 160 g/mol. The number of pyridine rings is 2. The van der Waals surface area contributed by atoms with Crippen molar-refractivity contribution in [3.63, 3.8) is 0 Å². The van der Waals surface area contributed by atoms with Gasteiger partial charge in [0.2, 0.25) is 0 Å². The van der Waals surface area contributed by atoms with Gasteiger partial charge in [-0.25, -0.2) is 0 Å². The Labute approximate surface area is 77.3 Å². The SMILES string of the molecule is Cc1ncccc1-c1c[c]ccn1. The van der Waals surface area contributed by atoms with Crippen LogP contribution in [0.5, 0.6) is 0 Å². The molecule has 0 aliphatic carbocycles. The summed E-state index contributed by atoms with van der Waals surface area (Å²) < 4.78 is 0. The van der Waals surface area contributed by atoms with E-state index < -0.39 is 0 Å². The molecule has 2 nitrogen and oxygen atoms in total. The van der Waals surface area contributed by atoms with E-state index in [0.29, 0.717) is 0 Å². The Morgan fingerprint density at radius 3 is 2.85 bits per heavy atom. The van der Waals surface area contributed by atoms with Crippen molar-refractivity contribution in [2.45, 2.75) is 6.92 Å². The lowest BCUT2D eigenvalue weighted by Crippen LogP contribution is -1.88. The molecule has 1 radical (unpaired) electrons. The van der Waals surface area contributed by atoms with Gasteiger partial charge in [-0.2, -0.15) is 0 Å². The average Bonchev–Trinajstić information content (AvgIpc) is 2.20. The molecule has 0 spiro atoms. The third kappa shape index (κ3) is 1.56. The summed E-state index contributed by atoms with van der Waals surface area (Å²) in [7, 11) is 0.